The predicted molar refractivity (Wildman–Crippen MR) is 87.1 cm³/mol. The molecule has 0 aromatic carbocycles. The normalized spacial score (nSPS) is 11.4. The number of rotatable bonds is 6. The monoisotopic (exact) mass is 303 g/mol. The van der Waals surface area contributed by atoms with Crippen molar-refractivity contribution in [2.24, 2.45) is 0 Å². The third kappa shape index (κ3) is 3.13. The molecule has 0 saturated heterocycles. The molecule has 0 unspecified atom stereocenters. The van der Waals surface area contributed by atoms with Crippen LogP contribution in [0.2, 0.25) is 0 Å². The Balaban J connectivity index is 2.51. The van der Waals surface area contributed by atoms with Crippen LogP contribution in [0.15, 0.2) is 10.6 Å². The number of nitrogens with zero attached hydrogens (tertiary/aromatic N) is 3. The van der Waals surface area contributed by atoms with Crippen LogP contribution in [0.25, 0.3) is 11.1 Å². The van der Waals surface area contributed by atoms with Crippen LogP contribution >= 0.6 is 0 Å². The van der Waals surface area contributed by atoms with Crippen LogP contribution in [0.1, 0.15) is 68.2 Å². The van der Waals surface area contributed by atoms with E-state index in [1.165, 1.54) is 0 Å². The minimum atomic E-state index is 0.0385. The maximum absolute atomic E-state index is 12.9. The molecule has 0 aliphatic carbocycles. The lowest BCUT2D eigenvalue weighted by Gasteiger charge is -2.21. The van der Waals surface area contributed by atoms with Crippen molar-refractivity contribution >= 4 is 17.0 Å². The Morgan fingerprint density at radius 2 is 2.09 bits per heavy atom. The Kier molecular flexibility index (Phi) is 5.16. The Morgan fingerprint density at radius 1 is 1.36 bits per heavy atom. The molecule has 1 amide bonds. The van der Waals surface area contributed by atoms with Crippen LogP contribution in [-0.2, 0) is 0 Å². The number of carbonyl (C=O) groups is 1. The van der Waals surface area contributed by atoms with Crippen molar-refractivity contribution in [2.75, 3.05) is 13.1 Å². The minimum absolute atomic E-state index is 0.0385. The summed E-state index contributed by atoms with van der Waals surface area (Å²) in [5.41, 5.74) is 2.69. The number of unbranched alkanes of at least 4 members (excludes halogenated alkanes) is 1. The lowest BCUT2D eigenvalue weighted by atomic mass is 10.0. The molecule has 0 spiro atoms. The molecular weight excluding hydrogens is 278 g/mol. The van der Waals surface area contributed by atoms with Gasteiger partial charge < -0.3 is 9.42 Å². The highest BCUT2D eigenvalue weighted by molar-refractivity contribution is 6.06. The summed E-state index contributed by atoms with van der Waals surface area (Å²) in [7, 11) is 0. The number of hydrogen-bond acceptors (Lipinski definition) is 4. The summed E-state index contributed by atoms with van der Waals surface area (Å²) in [6.07, 6.45) is 2.08. The summed E-state index contributed by atoms with van der Waals surface area (Å²) < 4.78 is 5.29. The zero-order chi connectivity index (χ0) is 16.3. The van der Waals surface area contributed by atoms with E-state index < -0.39 is 0 Å². The highest BCUT2D eigenvalue weighted by Crippen LogP contribution is 2.26. The zero-order valence-corrected chi connectivity index (χ0v) is 14.1. The first kappa shape index (κ1) is 16.5. The minimum Gasteiger partial charge on any atom is -0.339 e. The fourth-order valence-corrected chi connectivity index (χ4v) is 2.50. The Morgan fingerprint density at radius 3 is 2.68 bits per heavy atom. The zero-order valence-electron chi connectivity index (χ0n) is 14.1. The van der Waals surface area contributed by atoms with Gasteiger partial charge in [-0.25, -0.2) is 4.98 Å². The second-order valence-corrected chi connectivity index (χ2v) is 5.94. The number of fused-ring (bicyclic) bond motifs is 1. The van der Waals surface area contributed by atoms with Gasteiger partial charge >= 0.3 is 0 Å². The summed E-state index contributed by atoms with van der Waals surface area (Å²) in [5, 5.41) is 4.72. The summed E-state index contributed by atoms with van der Waals surface area (Å²) in [5.74, 6) is 0.267. The number of aryl methyl sites for hydroxylation is 1. The average Bonchev–Trinajstić information content (AvgIpc) is 2.88. The SMILES string of the molecule is CCCCN(CC)C(=O)c1cc(C(C)C)nc2onc(C)c12. The van der Waals surface area contributed by atoms with Crippen molar-refractivity contribution < 1.29 is 9.32 Å². The molecule has 0 atom stereocenters. The molecule has 0 fully saturated rings. The number of aromatic nitrogens is 2. The van der Waals surface area contributed by atoms with Crippen LogP contribution in [-0.4, -0.2) is 34.0 Å². The Labute approximate surface area is 131 Å². The third-order valence-electron chi connectivity index (χ3n) is 3.91. The van der Waals surface area contributed by atoms with Crippen LogP contribution in [0.5, 0.6) is 0 Å². The molecule has 22 heavy (non-hydrogen) atoms. The van der Waals surface area contributed by atoms with E-state index >= 15 is 0 Å². The molecule has 120 valence electrons. The van der Waals surface area contributed by atoms with Crippen LogP contribution in [0.4, 0.5) is 0 Å². The molecule has 2 rings (SSSR count). The van der Waals surface area contributed by atoms with Crippen LogP contribution in [0, 0.1) is 6.92 Å². The van der Waals surface area contributed by atoms with Gasteiger partial charge in [-0.1, -0.05) is 32.3 Å². The molecule has 0 radical (unpaired) electrons. The van der Waals surface area contributed by atoms with Gasteiger partial charge in [-0.2, -0.15) is 0 Å². The molecule has 0 saturated carbocycles. The van der Waals surface area contributed by atoms with Crippen LogP contribution < -0.4 is 0 Å². The van der Waals surface area contributed by atoms with Crippen molar-refractivity contribution in [2.45, 2.75) is 53.4 Å². The van der Waals surface area contributed by atoms with Crippen molar-refractivity contribution in [1.29, 1.82) is 0 Å². The number of carbonyl (C=O) groups excluding carboxylic acids is 1. The van der Waals surface area contributed by atoms with Gasteiger partial charge in [0.05, 0.1) is 16.6 Å². The van der Waals surface area contributed by atoms with E-state index in [4.69, 9.17) is 4.52 Å². The number of amides is 1. The molecule has 2 heterocycles. The van der Waals surface area contributed by atoms with Crippen molar-refractivity contribution in [3.63, 3.8) is 0 Å². The highest BCUT2D eigenvalue weighted by atomic mass is 16.5. The molecule has 0 aliphatic heterocycles. The lowest BCUT2D eigenvalue weighted by Crippen LogP contribution is -2.32. The van der Waals surface area contributed by atoms with Crippen molar-refractivity contribution in [3.05, 3.63) is 23.0 Å². The van der Waals surface area contributed by atoms with Gasteiger partial charge in [0.2, 0.25) is 0 Å². The summed E-state index contributed by atoms with van der Waals surface area (Å²) in [6.45, 7) is 11.6. The van der Waals surface area contributed by atoms with Gasteiger partial charge in [-0.15, -0.1) is 0 Å². The second-order valence-electron chi connectivity index (χ2n) is 5.94. The smallest absolute Gasteiger partial charge is 0.259 e. The molecule has 0 bridgehead atoms. The molecular formula is C17H25N3O2. The van der Waals surface area contributed by atoms with Gasteiger partial charge in [0.15, 0.2) is 0 Å². The third-order valence-corrected chi connectivity index (χ3v) is 3.91. The lowest BCUT2D eigenvalue weighted by molar-refractivity contribution is 0.0764. The van der Waals surface area contributed by atoms with E-state index in [1.54, 1.807) is 0 Å². The first-order chi connectivity index (χ1) is 10.5. The molecule has 5 nitrogen and oxygen atoms in total. The predicted octanol–water partition coefficient (Wildman–Crippen LogP) is 3.92. The Hall–Kier alpha value is -1.91. The number of hydrogen-bond donors (Lipinski definition) is 0. The molecule has 2 aromatic rings. The van der Waals surface area contributed by atoms with Crippen molar-refractivity contribution in [3.8, 4) is 0 Å². The average molecular weight is 303 g/mol. The van der Waals surface area contributed by atoms with Gasteiger partial charge in [0.1, 0.15) is 0 Å². The second kappa shape index (κ2) is 6.90. The van der Waals surface area contributed by atoms with E-state index in [0.717, 1.165) is 30.5 Å². The fraction of sp³-hybridized carbons (Fsp3) is 0.588. The number of pyridine rings is 1. The summed E-state index contributed by atoms with van der Waals surface area (Å²) in [4.78, 5) is 19.3. The quantitative estimate of drug-likeness (QED) is 0.811. The molecule has 0 N–H and O–H groups in total. The van der Waals surface area contributed by atoms with E-state index in [9.17, 15) is 4.79 Å². The van der Waals surface area contributed by atoms with E-state index in [-0.39, 0.29) is 11.8 Å². The van der Waals surface area contributed by atoms with E-state index in [1.807, 2.05) is 24.8 Å². The van der Waals surface area contributed by atoms with Gasteiger partial charge in [0, 0.05) is 18.8 Å². The largest absolute Gasteiger partial charge is 0.339 e. The topological polar surface area (TPSA) is 59.2 Å². The van der Waals surface area contributed by atoms with E-state index in [0.29, 0.717) is 23.5 Å². The van der Waals surface area contributed by atoms with E-state index in [2.05, 4.69) is 30.9 Å². The van der Waals surface area contributed by atoms with Crippen LogP contribution in [0.3, 0.4) is 0 Å². The summed E-state index contributed by atoms with van der Waals surface area (Å²) >= 11 is 0. The molecule has 2 aromatic heterocycles. The van der Waals surface area contributed by atoms with Crippen molar-refractivity contribution in [1.82, 2.24) is 15.0 Å². The molecule has 5 heteroatoms. The van der Waals surface area contributed by atoms with Gasteiger partial charge in [-0.05, 0) is 32.3 Å². The fourth-order valence-electron chi connectivity index (χ4n) is 2.50. The first-order valence-electron chi connectivity index (χ1n) is 8.05. The standard InChI is InChI=1S/C17H25N3O2/c1-6-8-9-20(7-2)17(21)13-10-14(11(3)4)18-16-15(13)12(5)19-22-16/h10-11H,6-9H2,1-5H3. The summed E-state index contributed by atoms with van der Waals surface area (Å²) in [6, 6.07) is 1.90. The maximum Gasteiger partial charge on any atom is 0.259 e. The first-order valence-corrected chi connectivity index (χ1v) is 8.05. The Bertz CT molecular complexity index is 661. The maximum atomic E-state index is 12.9. The molecule has 0 aliphatic rings. The highest BCUT2D eigenvalue weighted by Gasteiger charge is 2.22. The van der Waals surface area contributed by atoms with Gasteiger partial charge in [-0.3, -0.25) is 4.79 Å². The van der Waals surface area contributed by atoms with Gasteiger partial charge in [0.25, 0.3) is 11.6 Å².